The highest BCUT2D eigenvalue weighted by molar-refractivity contribution is 7.98. The monoisotopic (exact) mass is 601 g/mol. The number of hydrogen-bond acceptors (Lipinski definition) is 10. The molecule has 1 aliphatic heterocycles. The summed E-state index contributed by atoms with van der Waals surface area (Å²) in [5.74, 6) is 0.712. The second kappa shape index (κ2) is 12.3. The number of aromatic nitrogens is 2. The van der Waals surface area contributed by atoms with Gasteiger partial charge in [0.15, 0.2) is 5.79 Å². The number of nitrogens with zero attached hydrogens (tertiary/aromatic N) is 4. The van der Waals surface area contributed by atoms with Crippen LogP contribution in [0.1, 0.15) is 30.9 Å². The van der Waals surface area contributed by atoms with Crippen molar-refractivity contribution in [2.45, 2.75) is 43.4 Å². The molecule has 0 spiro atoms. The van der Waals surface area contributed by atoms with Crippen LogP contribution in [0.5, 0.6) is 11.5 Å². The van der Waals surface area contributed by atoms with Crippen molar-refractivity contribution in [2.24, 2.45) is 0 Å². The minimum atomic E-state index is -0.637. The number of nitriles is 1. The van der Waals surface area contributed by atoms with E-state index in [1.54, 1.807) is 37.3 Å². The Morgan fingerprint density at radius 1 is 1.21 bits per heavy atom. The van der Waals surface area contributed by atoms with E-state index in [1.165, 1.54) is 31.0 Å². The highest BCUT2D eigenvalue weighted by Gasteiger charge is 2.33. The topological polar surface area (TPSA) is 130 Å². The lowest BCUT2D eigenvalue weighted by atomic mass is 10.00. The molecule has 43 heavy (non-hydrogen) atoms. The summed E-state index contributed by atoms with van der Waals surface area (Å²) >= 11 is 1.22. The van der Waals surface area contributed by atoms with Crippen LogP contribution in [-0.4, -0.2) is 42.2 Å². The zero-order valence-electron chi connectivity index (χ0n) is 23.9. The van der Waals surface area contributed by atoms with Gasteiger partial charge in [-0.05, 0) is 50.6 Å². The lowest BCUT2D eigenvalue weighted by molar-refractivity contribution is -0.141. The van der Waals surface area contributed by atoms with E-state index in [1.807, 2.05) is 13.8 Å². The summed E-state index contributed by atoms with van der Waals surface area (Å²) in [5.41, 5.74) is 8.24. The zero-order chi connectivity index (χ0) is 30.7. The van der Waals surface area contributed by atoms with Crippen LogP contribution in [0.4, 0.5) is 15.9 Å². The van der Waals surface area contributed by atoms with E-state index >= 15 is 0 Å². The quantitative estimate of drug-likeness (QED) is 0.164. The van der Waals surface area contributed by atoms with Gasteiger partial charge < -0.3 is 29.1 Å². The van der Waals surface area contributed by atoms with Gasteiger partial charge >= 0.3 is 0 Å². The number of pyridine rings is 1. The van der Waals surface area contributed by atoms with Crippen molar-refractivity contribution in [3.8, 4) is 40.1 Å². The fraction of sp³-hybridized carbons (Fsp3) is 0.290. The number of aryl methyl sites for hydroxylation is 1. The zero-order valence-corrected chi connectivity index (χ0v) is 24.8. The Morgan fingerprint density at radius 2 is 1.95 bits per heavy atom. The molecule has 1 fully saturated rings. The van der Waals surface area contributed by atoms with Gasteiger partial charge in [0.05, 0.1) is 37.1 Å². The average Bonchev–Trinajstić information content (AvgIpc) is 3.54. The first-order valence-electron chi connectivity index (χ1n) is 13.2. The summed E-state index contributed by atoms with van der Waals surface area (Å²) < 4.78 is 42.6. The number of hydrogen-bond donors (Lipinski definition) is 1. The van der Waals surface area contributed by atoms with Crippen LogP contribution in [0.3, 0.4) is 0 Å². The molecule has 0 saturated carbocycles. The van der Waals surface area contributed by atoms with Crippen molar-refractivity contribution in [1.29, 1.82) is 5.26 Å². The van der Waals surface area contributed by atoms with Gasteiger partial charge in [-0.1, -0.05) is 23.9 Å². The molecule has 12 heteroatoms. The standard InChI is InChI=1S/C31H28FN5O5S/c1-17-25(36-29(41-17)22-11-10-20(38-5)12-24(22)32)16-43-30-23(13-33)26(27(35-4)28(34)37-30)18-6-8-19(9-7-18)39-14-21-15-40-31(2,3)42-21/h6-12,21H,14-16H2,1-3,5H3,(H2,34,37)/t21-/m1/s1. The Labute approximate surface area is 252 Å². The summed E-state index contributed by atoms with van der Waals surface area (Å²) in [6.45, 7) is 13.9. The number of halogens is 1. The number of rotatable bonds is 9. The van der Waals surface area contributed by atoms with Gasteiger partial charge in [0.2, 0.25) is 11.6 Å². The minimum absolute atomic E-state index is 0.00527. The Kier molecular flexibility index (Phi) is 8.55. The molecule has 2 aromatic heterocycles. The first-order valence-corrected chi connectivity index (χ1v) is 14.2. The van der Waals surface area contributed by atoms with E-state index < -0.39 is 11.6 Å². The number of anilines is 1. The highest BCUT2D eigenvalue weighted by atomic mass is 32.2. The lowest BCUT2D eigenvalue weighted by Gasteiger charge is -2.17. The molecule has 0 amide bonds. The molecule has 10 nitrogen and oxygen atoms in total. The number of benzene rings is 2. The summed E-state index contributed by atoms with van der Waals surface area (Å²) in [4.78, 5) is 12.4. The summed E-state index contributed by atoms with van der Waals surface area (Å²) in [6.07, 6.45) is -0.187. The highest BCUT2D eigenvalue weighted by Crippen LogP contribution is 2.42. The molecule has 1 saturated heterocycles. The molecule has 1 atom stereocenters. The Hall–Kier alpha value is -4.62. The first-order chi connectivity index (χ1) is 20.6. The van der Waals surface area contributed by atoms with Crippen LogP contribution in [0, 0.1) is 30.6 Å². The van der Waals surface area contributed by atoms with Crippen molar-refractivity contribution in [1.82, 2.24) is 9.97 Å². The number of ether oxygens (including phenoxy) is 4. The van der Waals surface area contributed by atoms with Gasteiger partial charge in [0.25, 0.3) is 0 Å². The van der Waals surface area contributed by atoms with Crippen molar-refractivity contribution >= 4 is 23.3 Å². The Bertz CT molecular complexity index is 1740. The summed E-state index contributed by atoms with van der Waals surface area (Å²) in [5, 5.41) is 10.5. The molecule has 1 aliphatic rings. The van der Waals surface area contributed by atoms with E-state index in [9.17, 15) is 9.65 Å². The smallest absolute Gasteiger partial charge is 0.236 e. The largest absolute Gasteiger partial charge is 0.497 e. The van der Waals surface area contributed by atoms with Crippen LogP contribution in [0.2, 0.25) is 0 Å². The van der Waals surface area contributed by atoms with Gasteiger partial charge in [-0.25, -0.2) is 19.2 Å². The number of oxazole rings is 1. The molecule has 0 unspecified atom stereocenters. The van der Waals surface area contributed by atoms with Crippen LogP contribution in [0.25, 0.3) is 27.4 Å². The molecule has 4 aromatic rings. The van der Waals surface area contributed by atoms with Crippen LogP contribution in [0.15, 0.2) is 51.9 Å². The minimum Gasteiger partial charge on any atom is -0.497 e. The molecule has 3 heterocycles. The molecule has 220 valence electrons. The van der Waals surface area contributed by atoms with Crippen LogP contribution in [-0.2, 0) is 15.2 Å². The van der Waals surface area contributed by atoms with Crippen LogP contribution < -0.4 is 15.2 Å². The second-order valence-electron chi connectivity index (χ2n) is 10.1. The predicted octanol–water partition coefficient (Wildman–Crippen LogP) is 6.69. The number of thioether (sulfide) groups is 1. The number of nitrogen functional groups attached to an aromatic ring is 1. The second-order valence-corrected chi connectivity index (χ2v) is 11.0. The van der Waals surface area contributed by atoms with Crippen LogP contribution >= 0.6 is 11.8 Å². The van der Waals surface area contributed by atoms with Crippen molar-refractivity contribution < 1.29 is 27.8 Å². The molecular formula is C31H28FN5O5S. The summed E-state index contributed by atoms with van der Waals surface area (Å²) in [6, 6.07) is 13.7. The molecule has 5 rings (SSSR count). The predicted molar refractivity (Wildman–Crippen MR) is 158 cm³/mol. The van der Waals surface area contributed by atoms with E-state index in [0.717, 1.165) is 0 Å². The van der Waals surface area contributed by atoms with Crippen molar-refractivity contribution in [3.63, 3.8) is 0 Å². The third-order valence-electron chi connectivity index (χ3n) is 6.68. The number of methoxy groups -OCH3 is 1. The van der Waals surface area contributed by atoms with Crippen molar-refractivity contribution in [3.05, 3.63) is 76.7 Å². The third kappa shape index (κ3) is 6.42. The van der Waals surface area contributed by atoms with Crippen molar-refractivity contribution in [2.75, 3.05) is 26.1 Å². The fourth-order valence-corrected chi connectivity index (χ4v) is 5.53. The van der Waals surface area contributed by atoms with Gasteiger partial charge in [-0.3, -0.25) is 0 Å². The molecular weight excluding hydrogens is 573 g/mol. The van der Waals surface area contributed by atoms with E-state index in [2.05, 4.69) is 20.9 Å². The summed E-state index contributed by atoms with van der Waals surface area (Å²) in [7, 11) is 1.46. The Balaban J connectivity index is 1.37. The average molecular weight is 602 g/mol. The number of nitrogens with two attached hydrogens (primary N) is 1. The van der Waals surface area contributed by atoms with E-state index in [0.29, 0.717) is 52.3 Å². The molecule has 0 aliphatic carbocycles. The molecule has 0 bridgehead atoms. The maximum atomic E-state index is 14.6. The maximum Gasteiger partial charge on any atom is 0.236 e. The molecule has 0 radical (unpaired) electrons. The van der Waals surface area contributed by atoms with E-state index in [-0.39, 0.29) is 40.4 Å². The van der Waals surface area contributed by atoms with E-state index in [4.69, 9.17) is 35.7 Å². The fourth-order valence-electron chi connectivity index (χ4n) is 4.54. The van der Waals surface area contributed by atoms with Gasteiger partial charge in [0.1, 0.15) is 52.7 Å². The lowest BCUT2D eigenvalue weighted by Crippen LogP contribution is -2.25. The first kappa shape index (κ1) is 29.9. The SMILES string of the molecule is [C-]#[N+]c1c(N)nc(SCc2nc(-c3ccc(OC)cc3F)oc2C)c(C#N)c1-c1ccc(OC[C@@H]2COC(C)(C)O2)cc1. The molecule has 2 aromatic carbocycles. The third-order valence-corrected chi connectivity index (χ3v) is 7.67. The Morgan fingerprint density at radius 3 is 2.58 bits per heavy atom. The maximum absolute atomic E-state index is 14.6. The van der Waals surface area contributed by atoms with Gasteiger partial charge in [0, 0.05) is 17.4 Å². The molecule has 2 N–H and O–H groups in total. The normalized spacial score (nSPS) is 15.6. The van der Waals surface area contributed by atoms with Gasteiger partial charge in [-0.15, -0.1) is 0 Å². The van der Waals surface area contributed by atoms with Gasteiger partial charge in [-0.2, -0.15) is 5.26 Å².